The molecule has 1 N–H and O–H groups in total. The minimum Gasteiger partial charge on any atom is -0.355 e. The van der Waals surface area contributed by atoms with Gasteiger partial charge in [-0.2, -0.15) is 0 Å². The van der Waals surface area contributed by atoms with Crippen molar-refractivity contribution in [2.24, 2.45) is 0 Å². The van der Waals surface area contributed by atoms with E-state index in [0.717, 1.165) is 18.9 Å². The molecule has 0 radical (unpaired) electrons. The van der Waals surface area contributed by atoms with E-state index in [-0.39, 0.29) is 12.4 Å². The van der Waals surface area contributed by atoms with Gasteiger partial charge in [0, 0.05) is 25.8 Å². The summed E-state index contributed by atoms with van der Waals surface area (Å²) in [4.78, 5) is 6.62. The molecule has 0 aromatic carbocycles. The van der Waals surface area contributed by atoms with Crippen LogP contribution in [-0.4, -0.2) is 31.2 Å². The number of hydrogen-bond donors (Lipinski definition) is 1. The van der Waals surface area contributed by atoms with Crippen LogP contribution in [0.15, 0.2) is 24.4 Å². The SMILES string of the molecule is CN(c1ccccn1)[C@@H]1CCCNC1.Cl. The van der Waals surface area contributed by atoms with E-state index in [9.17, 15) is 0 Å². The smallest absolute Gasteiger partial charge is 0.128 e. The molecule has 1 aromatic heterocycles. The number of hydrogen-bond acceptors (Lipinski definition) is 3. The standard InChI is InChI=1S/C11H17N3.ClH/c1-14(10-5-4-7-12-9-10)11-6-2-3-8-13-11;/h2-3,6,8,10,12H,4-5,7,9H2,1H3;1H/t10-;/m1./s1. The van der Waals surface area contributed by atoms with Gasteiger partial charge in [0.1, 0.15) is 5.82 Å². The van der Waals surface area contributed by atoms with Gasteiger partial charge in [-0.05, 0) is 31.5 Å². The maximum Gasteiger partial charge on any atom is 0.128 e. The number of piperidine rings is 1. The first-order chi connectivity index (χ1) is 6.88. The van der Waals surface area contributed by atoms with E-state index in [1.165, 1.54) is 12.8 Å². The Morgan fingerprint density at radius 1 is 1.47 bits per heavy atom. The number of nitrogens with one attached hydrogen (secondary N) is 1. The zero-order chi connectivity index (χ0) is 9.80. The monoisotopic (exact) mass is 227 g/mol. The quantitative estimate of drug-likeness (QED) is 0.834. The average Bonchev–Trinajstić information content (AvgIpc) is 2.30. The molecule has 1 aliphatic heterocycles. The van der Waals surface area contributed by atoms with Crippen molar-refractivity contribution in [3.05, 3.63) is 24.4 Å². The molecule has 0 aliphatic carbocycles. The van der Waals surface area contributed by atoms with Crippen molar-refractivity contribution in [3.63, 3.8) is 0 Å². The molecule has 84 valence electrons. The van der Waals surface area contributed by atoms with Gasteiger partial charge in [0.05, 0.1) is 0 Å². The highest BCUT2D eigenvalue weighted by Crippen LogP contribution is 2.15. The summed E-state index contributed by atoms with van der Waals surface area (Å²) in [7, 11) is 2.12. The van der Waals surface area contributed by atoms with Crippen LogP contribution in [0.1, 0.15) is 12.8 Å². The third-order valence-electron chi connectivity index (χ3n) is 2.83. The number of aromatic nitrogens is 1. The Hall–Kier alpha value is -0.800. The van der Waals surface area contributed by atoms with Gasteiger partial charge in [0.2, 0.25) is 0 Å². The van der Waals surface area contributed by atoms with Crippen LogP contribution in [0.5, 0.6) is 0 Å². The lowest BCUT2D eigenvalue weighted by atomic mass is 10.1. The van der Waals surface area contributed by atoms with E-state index in [0.29, 0.717) is 6.04 Å². The first-order valence-electron chi connectivity index (χ1n) is 5.22. The molecule has 15 heavy (non-hydrogen) atoms. The first-order valence-corrected chi connectivity index (χ1v) is 5.22. The van der Waals surface area contributed by atoms with Gasteiger partial charge < -0.3 is 10.2 Å². The Balaban J connectivity index is 0.00000112. The van der Waals surface area contributed by atoms with Crippen LogP contribution in [0.4, 0.5) is 5.82 Å². The molecule has 3 nitrogen and oxygen atoms in total. The van der Waals surface area contributed by atoms with E-state index >= 15 is 0 Å². The summed E-state index contributed by atoms with van der Waals surface area (Å²) in [6, 6.07) is 6.65. The minimum absolute atomic E-state index is 0. The first kappa shape index (κ1) is 12.3. The largest absolute Gasteiger partial charge is 0.355 e. The zero-order valence-electron chi connectivity index (χ0n) is 9.02. The Labute approximate surface area is 97.3 Å². The summed E-state index contributed by atoms with van der Waals surface area (Å²) in [5, 5.41) is 3.42. The van der Waals surface area contributed by atoms with Crippen molar-refractivity contribution < 1.29 is 0 Å². The summed E-state index contributed by atoms with van der Waals surface area (Å²) in [5.74, 6) is 1.07. The molecule has 0 spiro atoms. The fourth-order valence-corrected chi connectivity index (χ4v) is 1.91. The van der Waals surface area contributed by atoms with Crippen molar-refractivity contribution >= 4 is 18.2 Å². The average molecular weight is 228 g/mol. The molecule has 0 unspecified atom stereocenters. The normalized spacial score (nSPS) is 20.5. The molecule has 0 amide bonds. The fourth-order valence-electron chi connectivity index (χ4n) is 1.91. The predicted molar refractivity (Wildman–Crippen MR) is 65.8 cm³/mol. The van der Waals surface area contributed by atoms with E-state index < -0.39 is 0 Å². The molecule has 1 fully saturated rings. The lowest BCUT2D eigenvalue weighted by Gasteiger charge is -2.32. The second-order valence-corrected chi connectivity index (χ2v) is 3.80. The molecule has 0 bridgehead atoms. The third kappa shape index (κ3) is 3.08. The molecular weight excluding hydrogens is 210 g/mol. The van der Waals surface area contributed by atoms with Crippen molar-refractivity contribution in [1.29, 1.82) is 0 Å². The van der Waals surface area contributed by atoms with Crippen LogP contribution in [0.25, 0.3) is 0 Å². The highest BCUT2D eigenvalue weighted by atomic mass is 35.5. The maximum atomic E-state index is 4.35. The second-order valence-electron chi connectivity index (χ2n) is 3.80. The lowest BCUT2D eigenvalue weighted by Crippen LogP contribution is -2.44. The molecule has 1 aromatic rings. The molecular formula is C11H18ClN3. The Morgan fingerprint density at radius 3 is 2.93 bits per heavy atom. The van der Waals surface area contributed by atoms with E-state index in [1.807, 2.05) is 18.3 Å². The predicted octanol–water partition coefficient (Wildman–Crippen LogP) is 1.69. The Morgan fingerprint density at radius 2 is 2.33 bits per heavy atom. The molecule has 0 saturated carbocycles. The summed E-state index contributed by atoms with van der Waals surface area (Å²) < 4.78 is 0. The molecule has 1 saturated heterocycles. The Bertz CT molecular complexity index is 272. The van der Waals surface area contributed by atoms with Gasteiger partial charge >= 0.3 is 0 Å². The molecule has 1 aliphatic rings. The van der Waals surface area contributed by atoms with Gasteiger partial charge in [-0.25, -0.2) is 4.98 Å². The van der Waals surface area contributed by atoms with Crippen molar-refractivity contribution in [1.82, 2.24) is 10.3 Å². The van der Waals surface area contributed by atoms with Crippen molar-refractivity contribution in [2.45, 2.75) is 18.9 Å². The fraction of sp³-hybridized carbons (Fsp3) is 0.545. The number of rotatable bonds is 2. The second kappa shape index (κ2) is 5.93. The molecule has 1 atom stereocenters. The van der Waals surface area contributed by atoms with Gasteiger partial charge in [-0.15, -0.1) is 12.4 Å². The highest BCUT2D eigenvalue weighted by Gasteiger charge is 2.18. The maximum absolute atomic E-state index is 4.35. The van der Waals surface area contributed by atoms with E-state index in [1.54, 1.807) is 0 Å². The zero-order valence-corrected chi connectivity index (χ0v) is 9.83. The van der Waals surface area contributed by atoms with Crippen LogP contribution in [0.2, 0.25) is 0 Å². The third-order valence-corrected chi connectivity index (χ3v) is 2.83. The van der Waals surface area contributed by atoms with Gasteiger partial charge in [-0.1, -0.05) is 6.07 Å². The summed E-state index contributed by atoms with van der Waals surface area (Å²) >= 11 is 0. The summed E-state index contributed by atoms with van der Waals surface area (Å²) in [6.07, 6.45) is 4.38. The van der Waals surface area contributed by atoms with Gasteiger partial charge in [-0.3, -0.25) is 0 Å². The number of halogens is 1. The number of nitrogens with zero attached hydrogens (tertiary/aromatic N) is 2. The van der Waals surface area contributed by atoms with Crippen molar-refractivity contribution in [2.75, 3.05) is 25.0 Å². The van der Waals surface area contributed by atoms with Crippen molar-refractivity contribution in [3.8, 4) is 0 Å². The molecule has 4 heteroatoms. The molecule has 2 heterocycles. The summed E-state index contributed by atoms with van der Waals surface area (Å²) in [6.45, 7) is 2.24. The van der Waals surface area contributed by atoms with Crippen LogP contribution in [-0.2, 0) is 0 Å². The van der Waals surface area contributed by atoms with Crippen LogP contribution in [0.3, 0.4) is 0 Å². The topological polar surface area (TPSA) is 28.2 Å². The van der Waals surface area contributed by atoms with Gasteiger partial charge in [0.25, 0.3) is 0 Å². The van der Waals surface area contributed by atoms with E-state index in [4.69, 9.17) is 0 Å². The van der Waals surface area contributed by atoms with Crippen LogP contribution < -0.4 is 10.2 Å². The van der Waals surface area contributed by atoms with E-state index in [2.05, 4.69) is 28.3 Å². The minimum atomic E-state index is 0. The number of likely N-dealkylation sites (N-methyl/N-ethyl adjacent to an activating group) is 1. The molecule has 2 rings (SSSR count). The van der Waals surface area contributed by atoms with Gasteiger partial charge in [0.15, 0.2) is 0 Å². The van der Waals surface area contributed by atoms with Crippen LogP contribution in [0, 0.1) is 0 Å². The van der Waals surface area contributed by atoms with Crippen LogP contribution >= 0.6 is 12.4 Å². The summed E-state index contributed by atoms with van der Waals surface area (Å²) in [5.41, 5.74) is 0. The lowest BCUT2D eigenvalue weighted by molar-refractivity contribution is 0.443. The Kier molecular flexibility index (Phi) is 4.85. The number of pyridine rings is 1. The number of anilines is 1. The highest BCUT2D eigenvalue weighted by molar-refractivity contribution is 5.85.